The number of nitriles is 1. The van der Waals surface area contributed by atoms with E-state index in [0.717, 1.165) is 18.7 Å². The molecule has 0 radical (unpaired) electrons. The van der Waals surface area contributed by atoms with E-state index in [4.69, 9.17) is 0 Å². The van der Waals surface area contributed by atoms with E-state index in [1.807, 2.05) is 6.92 Å². The minimum atomic E-state index is -3.25. The summed E-state index contributed by atoms with van der Waals surface area (Å²) in [6.45, 7) is 3.69. The molecule has 1 aromatic carbocycles. The highest BCUT2D eigenvalue weighted by Gasteiger charge is 2.41. The molecule has 2 saturated heterocycles. The molecule has 0 spiro atoms. The number of carbonyl (C=O) groups excluding carboxylic acids is 1. The number of aromatic nitrogens is 2. The molecular weight excluding hydrogens is 402 g/mol. The molecule has 156 valence electrons. The van der Waals surface area contributed by atoms with Gasteiger partial charge < -0.3 is 9.80 Å². The van der Waals surface area contributed by atoms with E-state index < -0.39 is 9.84 Å². The third-order valence-electron chi connectivity index (χ3n) is 5.58. The van der Waals surface area contributed by atoms with Crippen molar-refractivity contribution in [2.24, 2.45) is 5.92 Å². The van der Waals surface area contributed by atoms with Gasteiger partial charge in [-0.1, -0.05) is 18.2 Å². The molecular formula is C21H23N5O3S. The summed E-state index contributed by atoms with van der Waals surface area (Å²) in [4.78, 5) is 26.0. The molecule has 2 bridgehead atoms. The van der Waals surface area contributed by atoms with Crippen molar-refractivity contribution < 1.29 is 13.2 Å². The first-order chi connectivity index (χ1) is 14.2. The van der Waals surface area contributed by atoms with E-state index in [1.165, 1.54) is 6.26 Å². The Labute approximate surface area is 176 Å². The van der Waals surface area contributed by atoms with Crippen LogP contribution in [0.25, 0.3) is 0 Å². The standard InChI is InChI=1S/C21H23N5O3S/c1-14-7-17(9-22)24-21(23-14)26-11-15-8-18(26)12-25(10-15)20(27)19-6-4-3-5-16(19)13-30(2,28)29/h3-7,15,18H,8,10-13H2,1-2H3. The molecule has 9 heteroatoms. The molecule has 1 aromatic heterocycles. The van der Waals surface area contributed by atoms with Crippen molar-refractivity contribution in [2.45, 2.75) is 25.1 Å². The maximum Gasteiger partial charge on any atom is 0.254 e. The molecule has 8 nitrogen and oxygen atoms in total. The number of piperidine rings is 1. The van der Waals surface area contributed by atoms with Gasteiger partial charge in [0.05, 0.1) is 5.75 Å². The Balaban J connectivity index is 1.57. The molecule has 2 unspecified atom stereocenters. The number of aryl methyl sites for hydroxylation is 1. The summed E-state index contributed by atoms with van der Waals surface area (Å²) in [5.41, 5.74) is 2.04. The maximum atomic E-state index is 13.3. The molecule has 2 aliphatic heterocycles. The molecule has 2 fully saturated rings. The fourth-order valence-corrected chi connectivity index (χ4v) is 5.23. The van der Waals surface area contributed by atoms with Crippen LogP contribution in [0.15, 0.2) is 30.3 Å². The van der Waals surface area contributed by atoms with Crippen molar-refractivity contribution in [3.8, 4) is 6.07 Å². The quantitative estimate of drug-likeness (QED) is 0.731. The fraction of sp³-hybridized carbons (Fsp3) is 0.429. The zero-order chi connectivity index (χ0) is 21.5. The number of anilines is 1. The van der Waals surface area contributed by atoms with Gasteiger partial charge in [-0.05, 0) is 37.0 Å². The smallest absolute Gasteiger partial charge is 0.254 e. The van der Waals surface area contributed by atoms with Crippen LogP contribution in [0.1, 0.15) is 33.7 Å². The number of hydrogen-bond acceptors (Lipinski definition) is 7. The van der Waals surface area contributed by atoms with Crippen LogP contribution < -0.4 is 4.90 Å². The van der Waals surface area contributed by atoms with Crippen LogP contribution in [-0.2, 0) is 15.6 Å². The third-order valence-corrected chi connectivity index (χ3v) is 6.41. The van der Waals surface area contributed by atoms with Crippen LogP contribution in [0.3, 0.4) is 0 Å². The summed E-state index contributed by atoms with van der Waals surface area (Å²) in [5.74, 6) is 0.513. The van der Waals surface area contributed by atoms with E-state index in [0.29, 0.717) is 35.9 Å². The normalized spacial score (nSPS) is 20.8. The first-order valence-corrected chi connectivity index (χ1v) is 11.9. The molecule has 30 heavy (non-hydrogen) atoms. The zero-order valence-corrected chi connectivity index (χ0v) is 17.8. The van der Waals surface area contributed by atoms with Crippen molar-refractivity contribution in [2.75, 3.05) is 30.8 Å². The van der Waals surface area contributed by atoms with Gasteiger partial charge >= 0.3 is 0 Å². The minimum Gasteiger partial charge on any atom is -0.336 e. The van der Waals surface area contributed by atoms with E-state index >= 15 is 0 Å². The fourth-order valence-electron chi connectivity index (χ4n) is 4.42. The summed E-state index contributed by atoms with van der Waals surface area (Å²) < 4.78 is 23.6. The monoisotopic (exact) mass is 425 g/mol. The summed E-state index contributed by atoms with van der Waals surface area (Å²) >= 11 is 0. The van der Waals surface area contributed by atoms with Crippen molar-refractivity contribution in [1.82, 2.24) is 14.9 Å². The molecule has 2 atom stereocenters. The second-order valence-corrected chi connectivity index (χ2v) is 10.3. The number of benzene rings is 1. The van der Waals surface area contributed by atoms with Gasteiger partial charge in [-0.15, -0.1) is 0 Å². The molecule has 0 saturated carbocycles. The first kappa shape index (κ1) is 20.3. The molecule has 2 aliphatic rings. The Hall–Kier alpha value is -2.99. The Kier molecular flexibility index (Phi) is 5.20. The summed E-state index contributed by atoms with van der Waals surface area (Å²) in [6, 6.07) is 10.7. The largest absolute Gasteiger partial charge is 0.336 e. The lowest BCUT2D eigenvalue weighted by atomic mass is 9.98. The Bertz CT molecular complexity index is 1140. The maximum absolute atomic E-state index is 13.3. The van der Waals surface area contributed by atoms with Gasteiger partial charge in [-0.2, -0.15) is 5.26 Å². The number of nitrogens with zero attached hydrogens (tertiary/aromatic N) is 5. The second kappa shape index (κ2) is 7.69. The van der Waals surface area contributed by atoms with Gasteiger partial charge in [0, 0.05) is 43.2 Å². The number of rotatable bonds is 4. The average Bonchev–Trinajstić information content (AvgIpc) is 2.99. The summed E-state index contributed by atoms with van der Waals surface area (Å²) in [5, 5.41) is 9.21. The summed E-state index contributed by atoms with van der Waals surface area (Å²) in [7, 11) is -3.25. The molecule has 0 aliphatic carbocycles. The van der Waals surface area contributed by atoms with Crippen molar-refractivity contribution in [3.05, 3.63) is 52.8 Å². The highest BCUT2D eigenvalue weighted by Crippen LogP contribution is 2.33. The van der Waals surface area contributed by atoms with E-state index in [2.05, 4.69) is 20.9 Å². The number of fused-ring (bicyclic) bond motifs is 2. The van der Waals surface area contributed by atoms with E-state index in [1.54, 1.807) is 35.2 Å². The molecule has 2 aromatic rings. The van der Waals surface area contributed by atoms with Crippen LogP contribution in [0, 0.1) is 24.2 Å². The lowest BCUT2D eigenvalue weighted by molar-refractivity contribution is 0.0693. The number of hydrogen-bond donors (Lipinski definition) is 0. The van der Waals surface area contributed by atoms with Crippen LogP contribution in [0.5, 0.6) is 0 Å². The summed E-state index contributed by atoms with van der Waals surface area (Å²) in [6.07, 6.45) is 2.11. The second-order valence-electron chi connectivity index (χ2n) is 8.15. The van der Waals surface area contributed by atoms with Crippen LogP contribution in [0.2, 0.25) is 0 Å². The molecule has 3 heterocycles. The molecule has 4 rings (SSSR count). The lowest BCUT2D eigenvalue weighted by Crippen LogP contribution is -2.46. The Morgan fingerprint density at radius 3 is 2.73 bits per heavy atom. The van der Waals surface area contributed by atoms with Crippen molar-refractivity contribution in [3.63, 3.8) is 0 Å². The first-order valence-electron chi connectivity index (χ1n) is 9.81. The van der Waals surface area contributed by atoms with Crippen LogP contribution in [0.4, 0.5) is 5.95 Å². The topological polar surface area (TPSA) is 107 Å². The van der Waals surface area contributed by atoms with Crippen molar-refractivity contribution in [1.29, 1.82) is 5.26 Å². The predicted molar refractivity (Wildman–Crippen MR) is 112 cm³/mol. The average molecular weight is 426 g/mol. The van der Waals surface area contributed by atoms with E-state index in [9.17, 15) is 18.5 Å². The van der Waals surface area contributed by atoms with Gasteiger partial charge in [0.2, 0.25) is 5.95 Å². The highest BCUT2D eigenvalue weighted by molar-refractivity contribution is 7.89. The van der Waals surface area contributed by atoms with Gasteiger partial charge in [-0.25, -0.2) is 18.4 Å². The van der Waals surface area contributed by atoms with Crippen LogP contribution in [-0.4, -0.2) is 61.1 Å². The molecule has 0 N–H and O–H groups in total. The minimum absolute atomic E-state index is 0.0723. The number of sulfone groups is 1. The predicted octanol–water partition coefficient (Wildman–Crippen LogP) is 1.55. The SMILES string of the molecule is Cc1cc(C#N)nc(N2CC3CC2CN(C(=O)c2ccccc2CS(C)(=O)=O)C3)n1. The van der Waals surface area contributed by atoms with Crippen LogP contribution >= 0.6 is 0 Å². The van der Waals surface area contributed by atoms with E-state index in [-0.39, 0.29) is 23.6 Å². The molecule has 1 amide bonds. The highest BCUT2D eigenvalue weighted by atomic mass is 32.2. The van der Waals surface area contributed by atoms with Gasteiger partial charge in [0.25, 0.3) is 5.91 Å². The van der Waals surface area contributed by atoms with Gasteiger partial charge in [0.1, 0.15) is 11.8 Å². The van der Waals surface area contributed by atoms with Gasteiger partial charge in [0.15, 0.2) is 9.84 Å². The number of carbonyl (C=O) groups is 1. The van der Waals surface area contributed by atoms with Gasteiger partial charge in [-0.3, -0.25) is 4.79 Å². The number of likely N-dealkylation sites (tertiary alicyclic amines) is 1. The van der Waals surface area contributed by atoms with Crippen molar-refractivity contribution >= 4 is 21.7 Å². The Morgan fingerprint density at radius 2 is 2.00 bits per heavy atom. The third kappa shape index (κ3) is 4.14. The Morgan fingerprint density at radius 1 is 1.23 bits per heavy atom. The lowest BCUT2D eigenvalue weighted by Gasteiger charge is -2.33. The number of amides is 1. The zero-order valence-electron chi connectivity index (χ0n) is 16.9.